The van der Waals surface area contributed by atoms with Crippen molar-refractivity contribution in [3.8, 4) is 11.1 Å². The third-order valence-electron chi connectivity index (χ3n) is 7.30. The van der Waals surface area contributed by atoms with Gasteiger partial charge in [0, 0.05) is 37.4 Å². The molecule has 2 amide bonds. The first-order valence-electron chi connectivity index (χ1n) is 12.3. The van der Waals surface area contributed by atoms with Crippen LogP contribution in [-0.4, -0.2) is 72.2 Å². The first-order valence-corrected chi connectivity index (χ1v) is 13.8. The van der Waals surface area contributed by atoms with Gasteiger partial charge in [0.1, 0.15) is 5.60 Å². The van der Waals surface area contributed by atoms with Crippen molar-refractivity contribution in [2.24, 2.45) is 0 Å². The Morgan fingerprint density at radius 1 is 0.886 bits per heavy atom. The summed E-state index contributed by atoms with van der Waals surface area (Å²) in [5.41, 5.74) is 1.68. The van der Waals surface area contributed by atoms with Gasteiger partial charge in [0.15, 0.2) is 0 Å². The second-order valence-corrected chi connectivity index (χ2v) is 11.8. The molecule has 3 aliphatic rings. The predicted octanol–water partition coefficient (Wildman–Crippen LogP) is 2.85. The molecule has 3 fully saturated rings. The maximum Gasteiger partial charge on any atom is 0.254 e. The highest BCUT2D eigenvalue weighted by atomic mass is 32.2. The molecule has 0 radical (unpaired) electrons. The van der Waals surface area contributed by atoms with Crippen LogP contribution < -0.4 is 4.72 Å². The number of hydrogen-bond donors (Lipinski definition) is 2. The fraction of sp³-hybridized carbons (Fsp3) is 0.462. The number of carbonyl (C=O) groups excluding carboxylic acids is 2. The van der Waals surface area contributed by atoms with Gasteiger partial charge in [0.25, 0.3) is 11.8 Å². The van der Waals surface area contributed by atoms with Crippen LogP contribution in [0.4, 0.5) is 5.69 Å². The van der Waals surface area contributed by atoms with Gasteiger partial charge in [0.05, 0.1) is 5.25 Å². The minimum atomic E-state index is -3.40. The quantitative estimate of drug-likeness (QED) is 0.638. The number of hydrogen-bond acceptors (Lipinski definition) is 5. The van der Waals surface area contributed by atoms with Gasteiger partial charge in [0.2, 0.25) is 10.0 Å². The van der Waals surface area contributed by atoms with Crippen molar-refractivity contribution >= 4 is 27.5 Å². The molecule has 2 aliphatic carbocycles. The largest absolute Gasteiger partial charge is 0.380 e. The third-order valence-corrected chi connectivity index (χ3v) is 9.17. The molecule has 2 N–H and O–H groups in total. The molecule has 1 saturated heterocycles. The molecule has 5 rings (SSSR count). The lowest BCUT2D eigenvalue weighted by atomic mass is 10.0. The molecular formula is C26H31N3O5S. The van der Waals surface area contributed by atoms with Gasteiger partial charge in [-0.15, -0.1) is 0 Å². The Kier molecular flexibility index (Phi) is 6.31. The lowest BCUT2D eigenvalue weighted by Gasteiger charge is -2.35. The Bertz CT molecular complexity index is 1210. The van der Waals surface area contributed by atoms with E-state index in [4.69, 9.17) is 0 Å². The van der Waals surface area contributed by atoms with Crippen LogP contribution in [0.1, 0.15) is 48.9 Å². The summed E-state index contributed by atoms with van der Waals surface area (Å²) in [4.78, 5) is 28.6. The molecule has 0 bridgehead atoms. The zero-order chi connectivity index (χ0) is 24.6. The van der Waals surface area contributed by atoms with Gasteiger partial charge in [-0.05, 0) is 61.1 Å². The predicted molar refractivity (Wildman–Crippen MR) is 133 cm³/mol. The maximum absolute atomic E-state index is 13.0. The fourth-order valence-corrected chi connectivity index (χ4v) is 6.51. The Balaban J connectivity index is 1.22. The van der Waals surface area contributed by atoms with Gasteiger partial charge >= 0.3 is 0 Å². The molecule has 2 aromatic rings. The Labute approximate surface area is 206 Å². The smallest absolute Gasteiger partial charge is 0.254 e. The van der Waals surface area contributed by atoms with E-state index < -0.39 is 15.6 Å². The number of piperazine rings is 1. The molecule has 2 aromatic carbocycles. The summed E-state index contributed by atoms with van der Waals surface area (Å²) in [5, 5.41) is 9.72. The number of rotatable bonds is 6. The zero-order valence-corrected chi connectivity index (χ0v) is 20.5. The van der Waals surface area contributed by atoms with Crippen molar-refractivity contribution in [3.05, 3.63) is 54.1 Å². The van der Waals surface area contributed by atoms with Crippen LogP contribution in [0.2, 0.25) is 0 Å². The van der Waals surface area contributed by atoms with Crippen molar-refractivity contribution in [1.29, 1.82) is 0 Å². The van der Waals surface area contributed by atoms with E-state index in [1.54, 1.807) is 28.0 Å². The Hall–Kier alpha value is -2.91. The van der Waals surface area contributed by atoms with E-state index in [-0.39, 0.29) is 17.1 Å². The van der Waals surface area contributed by atoms with E-state index in [0.29, 0.717) is 63.1 Å². The van der Waals surface area contributed by atoms with Crippen LogP contribution in [0.25, 0.3) is 11.1 Å². The van der Waals surface area contributed by atoms with Crippen LogP contribution in [0.15, 0.2) is 48.5 Å². The molecule has 0 unspecified atom stereocenters. The van der Waals surface area contributed by atoms with Crippen molar-refractivity contribution in [3.63, 3.8) is 0 Å². The summed E-state index contributed by atoms with van der Waals surface area (Å²) in [6.07, 6.45) is 4.36. The summed E-state index contributed by atoms with van der Waals surface area (Å²) in [5.74, 6) is -0.312. The minimum absolute atomic E-state index is 0.0909. The number of amides is 2. The molecular weight excluding hydrogens is 466 g/mol. The van der Waals surface area contributed by atoms with Crippen molar-refractivity contribution in [1.82, 2.24) is 9.80 Å². The SMILES string of the molecule is O=C(c1ccc(-c2cccc(NS(=O)(=O)C3CCCC3)c2)cc1)N1CCN(C(=O)C2(O)CC2)CC1. The van der Waals surface area contributed by atoms with Crippen LogP contribution >= 0.6 is 0 Å². The number of nitrogens with zero attached hydrogens (tertiary/aromatic N) is 2. The molecule has 35 heavy (non-hydrogen) atoms. The lowest BCUT2D eigenvalue weighted by Crippen LogP contribution is -2.53. The number of carbonyl (C=O) groups is 2. The molecule has 0 aromatic heterocycles. The number of nitrogens with one attached hydrogen (secondary N) is 1. The Morgan fingerprint density at radius 2 is 1.51 bits per heavy atom. The van der Waals surface area contributed by atoms with E-state index >= 15 is 0 Å². The van der Waals surface area contributed by atoms with Crippen molar-refractivity contribution < 1.29 is 23.1 Å². The van der Waals surface area contributed by atoms with E-state index in [0.717, 1.165) is 24.0 Å². The molecule has 2 saturated carbocycles. The Morgan fingerprint density at radius 3 is 2.14 bits per heavy atom. The van der Waals surface area contributed by atoms with Gasteiger partial charge in [-0.1, -0.05) is 37.1 Å². The van der Waals surface area contributed by atoms with Crippen molar-refractivity contribution in [2.75, 3.05) is 30.9 Å². The lowest BCUT2D eigenvalue weighted by molar-refractivity contribution is -0.143. The highest BCUT2D eigenvalue weighted by Crippen LogP contribution is 2.37. The molecule has 0 spiro atoms. The normalized spacial score (nSPS) is 20.0. The van der Waals surface area contributed by atoms with Gasteiger partial charge in [-0.3, -0.25) is 14.3 Å². The summed E-state index contributed by atoms with van der Waals surface area (Å²) in [6, 6.07) is 14.6. The van der Waals surface area contributed by atoms with Gasteiger partial charge < -0.3 is 14.9 Å². The van der Waals surface area contributed by atoms with E-state index in [1.165, 1.54) is 0 Å². The van der Waals surface area contributed by atoms with Gasteiger partial charge in [-0.2, -0.15) is 0 Å². The first-order chi connectivity index (χ1) is 16.7. The van der Waals surface area contributed by atoms with Crippen molar-refractivity contribution in [2.45, 2.75) is 49.4 Å². The first kappa shape index (κ1) is 23.8. The number of benzene rings is 2. The second kappa shape index (κ2) is 9.28. The summed E-state index contributed by atoms with van der Waals surface area (Å²) >= 11 is 0. The van der Waals surface area contributed by atoms with Crippen LogP contribution in [0.5, 0.6) is 0 Å². The average Bonchev–Trinajstić information content (AvgIpc) is 3.37. The van der Waals surface area contributed by atoms with Crippen LogP contribution in [0.3, 0.4) is 0 Å². The molecule has 0 atom stereocenters. The number of aliphatic hydroxyl groups is 1. The third kappa shape index (κ3) is 5.06. The van der Waals surface area contributed by atoms with Crippen LogP contribution in [-0.2, 0) is 14.8 Å². The molecule has 1 heterocycles. The van der Waals surface area contributed by atoms with Gasteiger partial charge in [-0.25, -0.2) is 8.42 Å². The summed E-state index contributed by atoms with van der Waals surface area (Å²) < 4.78 is 28.0. The average molecular weight is 498 g/mol. The second-order valence-electron chi connectivity index (χ2n) is 9.83. The minimum Gasteiger partial charge on any atom is -0.380 e. The molecule has 8 nitrogen and oxygen atoms in total. The number of sulfonamides is 1. The molecule has 9 heteroatoms. The standard InChI is InChI=1S/C26H31N3O5S/c30-24(28-14-16-29(17-15-28)25(31)26(32)12-13-26)20-10-8-19(9-11-20)21-4-3-5-22(18-21)27-35(33,34)23-6-1-2-7-23/h3-5,8-11,18,23,27,32H,1-2,6-7,12-17H2. The van der Waals surface area contributed by atoms with Crippen LogP contribution in [0, 0.1) is 0 Å². The topological polar surface area (TPSA) is 107 Å². The monoisotopic (exact) mass is 497 g/mol. The highest BCUT2D eigenvalue weighted by molar-refractivity contribution is 7.93. The fourth-order valence-electron chi connectivity index (χ4n) is 4.94. The zero-order valence-electron chi connectivity index (χ0n) is 19.7. The highest BCUT2D eigenvalue weighted by Gasteiger charge is 2.50. The summed E-state index contributed by atoms with van der Waals surface area (Å²) in [7, 11) is -3.40. The molecule has 1 aliphatic heterocycles. The summed E-state index contributed by atoms with van der Waals surface area (Å²) in [6.45, 7) is 1.72. The van der Waals surface area contributed by atoms with E-state index in [2.05, 4.69) is 4.72 Å². The maximum atomic E-state index is 13.0. The number of anilines is 1. The molecule has 186 valence electrons. The van der Waals surface area contributed by atoms with E-state index in [9.17, 15) is 23.1 Å². The van der Waals surface area contributed by atoms with E-state index in [1.807, 2.05) is 30.3 Å².